The fraction of sp³-hybridized carbons (Fsp3) is 0.556. The van der Waals surface area contributed by atoms with Crippen LogP contribution in [0, 0.1) is 6.92 Å². The molecule has 1 aliphatic heterocycles. The lowest BCUT2D eigenvalue weighted by molar-refractivity contribution is 0.0607. The summed E-state index contributed by atoms with van der Waals surface area (Å²) >= 11 is 0. The van der Waals surface area contributed by atoms with E-state index in [1.807, 2.05) is 14.0 Å². The monoisotopic (exact) mass is 194 g/mol. The number of hydrogen-bond donors (Lipinski definition) is 1. The molecular weight excluding hydrogens is 180 g/mol. The van der Waals surface area contributed by atoms with Gasteiger partial charge in [-0.3, -0.25) is 9.48 Å². The van der Waals surface area contributed by atoms with Gasteiger partial charge in [-0.05, 0) is 6.92 Å². The summed E-state index contributed by atoms with van der Waals surface area (Å²) in [6.07, 6.45) is 1.75. The molecule has 0 atom stereocenters. The molecule has 2 heterocycles. The van der Waals surface area contributed by atoms with Crippen LogP contribution in [0.15, 0.2) is 6.20 Å². The lowest BCUT2D eigenvalue weighted by atomic mass is 10.1. The summed E-state index contributed by atoms with van der Waals surface area (Å²) in [5.41, 5.74) is 7.07. The predicted molar refractivity (Wildman–Crippen MR) is 51.8 cm³/mol. The highest BCUT2D eigenvalue weighted by molar-refractivity contribution is 5.95. The quantitative estimate of drug-likeness (QED) is 0.656. The van der Waals surface area contributed by atoms with Crippen LogP contribution in [0.1, 0.15) is 16.1 Å². The molecule has 0 aromatic carbocycles. The topological polar surface area (TPSA) is 64.2 Å². The number of nitrogens with two attached hydrogens (primary N) is 1. The Kier molecular flexibility index (Phi) is 2.03. The van der Waals surface area contributed by atoms with Crippen molar-refractivity contribution in [3.63, 3.8) is 0 Å². The van der Waals surface area contributed by atoms with Gasteiger partial charge in [-0.1, -0.05) is 0 Å². The molecule has 1 fully saturated rings. The second kappa shape index (κ2) is 3.09. The number of hydrogen-bond acceptors (Lipinski definition) is 3. The van der Waals surface area contributed by atoms with Crippen molar-refractivity contribution in [1.29, 1.82) is 0 Å². The number of aromatic nitrogens is 2. The predicted octanol–water partition coefficient (Wildman–Crippen LogP) is -0.488. The molecule has 76 valence electrons. The summed E-state index contributed by atoms with van der Waals surface area (Å²) in [5, 5.41) is 4.13. The van der Waals surface area contributed by atoms with Gasteiger partial charge in [0, 0.05) is 32.4 Å². The van der Waals surface area contributed by atoms with Crippen molar-refractivity contribution in [3.8, 4) is 0 Å². The third kappa shape index (κ3) is 1.39. The molecular formula is C9H14N4O. The molecule has 5 heteroatoms. The second-order valence-corrected chi connectivity index (χ2v) is 3.77. The fourth-order valence-electron chi connectivity index (χ4n) is 1.66. The molecule has 1 aromatic rings. The van der Waals surface area contributed by atoms with E-state index in [2.05, 4.69) is 5.10 Å². The zero-order chi connectivity index (χ0) is 10.3. The van der Waals surface area contributed by atoms with Crippen molar-refractivity contribution in [3.05, 3.63) is 17.5 Å². The summed E-state index contributed by atoms with van der Waals surface area (Å²) in [7, 11) is 1.81. The Balaban J connectivity index is 2.15. The number of amides is 1. The van der Waals surface area contributed by atoms with E-state index in [1.165, 1.54) is 0 Å². The van der Waals surface area contributed by atoms with Crippen LogP contribution in [0.2, 0.25) is 0 Å². The van der Waals surface area contributed by atoms with Gasteiger partial charge in [0.1, 0.15) is 0 Å². The van der Waals surface area contributed by atoms with Crippen molar-refractivity contribution in [2.45, 2.75) is 13.0 Å². The number of nitrogens with zero attached hydrogens (tertiary/aromatic N) is 3. The molecule has 2 N–H and O–H groups in total. The first-order valence-corrected chi connectivity index (χ1v) is 4.63. The van der Waals surface area contributed by atoms with Gasteiger partial charge < -0.3 is 10.6 Å². The summed E-state index contributed by atoms with van der Waals surface area (Å²) in [6.45, 7) is 3.16. The maximum atomic E-state index is 11.8. The van der Waals surface area contributed by atoms with Gasteiger partial charge in [0.15, 0.2) is 0 Å². The van der Waals surface area contributed by atoms with Gasteiger partial charge in [0.2, 0.25) is 0 Å². The highest BCUT2D eigenvalue weighted by Gasteiger charge is 2.29. The van der Waals surface area contributed by atoms with Crippen LogP contribution in [-0.4, -0.2) is 39.7 Å². The molecule has 1 amide bonds. The standard InChI is InChI=1S/C9H14N4O/c1-6-8(5-12(2)11-6)9(14)13-3-7(10)4-13/h5,7H,3-4,10H2,1-2H3. The molecule has 0 radical (unpaired) electrons. The van der Waals surface area contributed by atoms with Crippen LogP contribution in [0.4, 0.5) is 0 Å². The van der Waals surface area contributed by atoms with E-state index in [1.54, 1.807) is 15.8 Å². The van der Waals surface area contributed by atoms with Crippen molar-refractivity contribution in [2.75, 3.05) is 13.1 Å². The lowest BCUT2D eigenvalue weighted by Crippen LogP contribution is -2.57. The van der Waals surface area contributed by atoms with Crippen LogP contribution in [0.5, 0.6) is 0 Å². The van der Waals surface area contributed by atoms with Gasteiger partial charge in [-0.2, -0.15) is 5.10 Å². The van der Waals surface area contributed by atoms with Gasteiger partial charge in [-0.15, -0.1) is 0 Å². The van der Waals surface area contributed by atoms with Gasteiger partial charge >= 0.3 is 0 Å². The van der Waals surface area contributed by atoms with E-state index in [0.717, 1.165) is 5.69 Å². The maximum Gasteiger partial charge on any atom is 0.257 e. The van der Waals surface area contributed by atoms with Gasteiger partial charge in [0.25, 0.3) is 5.91 Å². The first kappa shape index (κ1) is 9.21. The molecule has 0 bridgehead atoms. The molecule has 5 nitrogen and oxygen atoms in total. The molecule has 2 rings (SSSR count). The van der Waals surface area contributed by atoms with Crippen molar-refractivity contribution >= 4 is 5.91 Å². The zero-order valence-corrected chi connectivity index (χ0v) is 8.40. The van der Waals surface area contributed by atoms with Crippen LogP contribution in [0.3, 0.4) is 0 Å². The Morgan fingerprint density at radius 1 is 1.64 bits per heavy atom. The number of carbonyl (C=O) groups is 1. The number of likely N-dealkylation sites (tertiary alicyclic amines) is 1. The Hall–Kier alpha value is -1.36. The Bertz CT molecular complexity index is 365. The molecule has 0 aliphatic carbocycles. The molecule has 1 saturated heterocycles. The van der Waals surface area contributed by atoms with E-state index in [0.29, 0.717) is 18.7 Å². The smallest absolute Gasteiger partial charge is 0.257 e. The first-order chi connectivity index (χ1) is 6.58. The third-order valence-electron chi connectivity index (χ3n) is 2.44. The van der Waals surface area contributed by atoms with E-state index >= 15 is 0 Å². The molecule has 1 aliphatic rings. The first-order valence-electron chi connectivity index (χ1n) is 4.63. The Morgan fingerprint density at radius 3 is 2.71 bits per heavy atom. The van der Waals surface area contributed by atoms with Crippen molar-refractivity contribution in [1.82, 2.24) is 14.7 Å². The summed E-state index contributed by atoms with van der Waals surface area (Å²) < 4.78 is 1.66. The number of rotatable bonds is 1. The highest BCUT2D eigenvalue weighted by atomic mass is 16.2. The van der Waals surface area contributed by atoms with E-state index in [4.69, 9.17) is 5.73 Å². The van der Waals surface area contributed by atoms with E-state index < -0.39 is 0 Å². The fourth-order valence-corrected chi connectivity index (χ4v) is 1.66. The third-order valence-corrected chi connectivity index (χ3v) is 2.44. The molecule has 0 saturated carbocycles. The average molecular weight is 194 g/mol. The summed E-state index contributed by atoms with van der Waals surface area (Å²) in [5.74, 6) is 0.0392. The normalized spacial score (nSPS) is 16.9. The Labute approximate surface area is 82.5 Å². The average Bonchev–Trinajstić information content (AvgIpc) is 2.39. The molecule has 0 spiro atoms. The second-order valence-electron chi connectivity index (χ2n) is 3.77. The van der Waals surface area contributed by atoms with E-state index in [9.17, 15) is 4.79 Å². The minimum atomic E-state index is 0.0392. The minimum Gasteiger partial charge on any atom is -0.335 e. The maximum absolute atomic E-state index is 11.8. The zero-order valence-electron chi connectivity index (χ0n) is 8.40. The van der Waals surface area contributed by atoms with Crippen LogP contribution >= 0.6 is 0 Å². The minimum absolute atomic E-state index is 0.0392. The molecule has 1 aromatic heterocycles. The van der Waals surface area contributed by atoms with Crippen molar-refractivity contribution in [2.24, 2.45) is 12.8 Å². The largest absolute Gasteiger partial charge is 0.335 e. The summed E-state index contributed by atoms with van der Waals surface area (Å²) in [4.78, 5) is 13.6. The Morgan fingerprint density at radius 2 is 2.29 bits per heavy atom. The molecule has 14 heavy (non-hydrogen) atoms. The number of carbonyl (C=O) groups excluding carboxylic acids is 1. The van der Waals surface area contributed by atoms with Crippen LogP contribution in [0.25, 0.3) is 0 Å². The highest BCUT2D eigenvalue weighted by Crippen LogP contribution is 2.13. The van der Waals surface area contributed by atoms with Crippen LogP contribution < -0.4 is 5.73 Å². The number of aryl methyl sites for hydroxylation is 2. The summed E-state index contributed by atoms with van der Waals surface area (Å²) in [6, 6.07) is 0.149. The lowest BCUT2D eigenvalue weighted by Gasteiger charge is -2.36. The molecule has 0 unspecified atom stereocenters. The van der Waals surface area contributed by atoms with Gasteiger partial charge in [-0.25, -0.2) is 0 Å². The van der Waals surface area contributed by atoms with Crippen LogP contribution in [-0.2, 0) is 7.05 Å². The van der Waals surface area contributed by atoms with E-state index in [-0.39, 0.29) is 11.9 Å². The van der Waals surface area contributed by atoms with Gasteiger partial charge in [0.05, 0.1) is 11.3 Å². The SMILES string of the molecule is Cc1nn(C)cc1C(=O)N1CC(N)C1. The van der Waals surface area contributed by atoms with Crippen molar-refractivity contribution < 1.29 is 4.79 Å².